The van der Waals surface area contributed by atoms with Gasteiger partial charge in [0.05, 0.1) is 34.1 Å². The highest BCUT2D eigenvalue weighted by atomic mass is 35.5. The number of amides is 1. The first-order valence-corrected chi connectivity index (χ1v) is 11.4. The summed E-state index contributed by atoms with van der Waals surface area (Å²) >= 11 is 18.7. The summed E-state index contributed by atoms with van der Waals surface area (Å²) in [5.74, 6) is -0.206. The number of rotatable bonds is 4. The standard InChI is InChI=1S/C24H23Cl3N2O2/c1-14-18(24(31)28-20-4-2-3-5-23(20)30)13-22(15-6-8-16(25)9-7-15)29(14)21-11-10-17(26)12-19(21)27/h6-13,20,23,30H,2-5H2,1H3,(H,28,31)/t20-,23-/m1/s1. The number of carbonyl (C=O) groups excluding carboxylic acids is 1. The molecule has 3 aromatic rings. The lowest BCUT2D eigenvalue weighted by atomic mass is 9.92. The minimum atomic E-state index is -0.512. The fourth-order valence-corrected chi connectivity index (χ4v) is 4.79. The molecule has 1 saturated carbocycles. The van der Waals surface area contributed by atoms with Crippen LogP contribution in [0.4, 0.5) is 0 Å². The number of aliphatic hydroxyl groups is 1. The zero-order valence-electron chi connectivity index (χ0n) is 17.0. The van der Waals surface area contributed by atoms with Crippen molar-refractivity contribution >= 4 is 40.7 Å². The molecule has 1 aromatic heterocycles. The Hall–Kier alpha value is -1.98. The summed E-state index contributed by atoms with van der Waals surface area (Å²) in [6.45, 7) is 1.89. The lowest BCUT2D eigenvalue weighted by molar-refractivity contribution is 0.0717. The van der Waals surface area contributed by atoms with Crippen LogP contribution < -0.4 is 5.32 Å². The number of benzene rings is 2. The quantitative estimate of drug-likeness (QED) is 0.454. The molecule has 0 bridgehead atoms. The van der Waals surface area contributed by atoms with Crippen molar-refractivity contribution in [2.75, 3.05) is 0 Å². The molecule has 1 aliphatic rings. The van der Waals surface area contributed by atoms with Gasteiger partial charge in [0.1, 0.15) is 0 Å². The largest absolute Gasteiger partial charge is 0.391 e. The molecule has 1 amide bonds. The average molecular weight is 478 g/mol. The van der Waals surface area contributed by atoms with E-state index in [-0.39, 0.29) is 11.9 Å². The van der Waals surface area contributed by atoms with Crippen molar-refractivity contribution in [3.05, 3.63) is 74.9 Å². The normalized spacial score (nSPS) is 18.7. The second-order valence-corrected chi connectivity index (χ2v) is 9.18. The molecule has 1 heterocycles. The van der Waals surface area contributed by atoms with Crippen molar-refractivity contribution in [2.45, 2.75) is 44.8 Å². The molecule has 4 nitrogen and oxygen atoms in total. The molecular formula is C24H23Cl3N2O2. The van der Waals surface area contributed by atoms with E-state index in [0.29, 0.717) is 27.1 Å². The molecule has 1 fully saturated rings. The molecule has 0 spiro atoms. The Morgan fingerprint density at radius 2 is 1.68 bits per heavy atom. The van der Waals surface area contributed by atoms with Gasteiger partial charge in [-0.2, -0.15) is 0 Å². The Balaban J connectivity index is 1.80. The molecule has 162 valence electrons. The average Bonchev–Trinajstić information content (AvgIpc) is 3.07. The van der Waals surface area contributed by atoms with Crippen LogP contribution in [0.2, 0.25) is 15.1 Å². The van der Waals surface area contributed by atoms with Crippen LogP contribution in [0.1, 0.15) is 41.7 Å². The predicted octanol–water partition coefficient (Wildman–Crippen LogP) is 6.45. The maximum Gasteiger partial charge on any atom is 0.253 e. The highest BCUT2D eigenvalue weighted by Crippen LogP contribution is 2.34. The first-order chi connectivity index (χ1) is 14.8. The van der Waals surface area contributed by atoms with Gasteiger partial charge in [-0.25, -0.2) is 0 Å². The third kappa shape index (κ3) is 4.63. The number of aromatic nitrogens is 1. The minimum Gasteiger partial charge on any atom is -0.391 e. The van der Waals surface area contributed by atoms with Crippen molar-refractivity contribution in [3.63, 3.8) is 0 Å². The zero-order chi connectivity index (χ0) is 22.1. The van der Waals surface area contributed by atoms with Gasteiger partial charge >= 0.3 is 0 Å². The SMILES string of the molecule is Cc1c(C(=O)N[C@@H]2CCCC[C@H]2O)cc(-c2ccc(Cl)cc2)n1-c1ccc(Cl)cc1Cl. The van der Waals surface area contributed by atoms with E-state index in [1.807, 2.05) is 47.9 Å². The fraction of sp³-hybridized carbons (Fsp3) is 0.292. The van der Waals surface area contributed by atoms with Gasteiger partial charge in [0.25, 0.3) is 5.91 Å². The van der Waals surface area contributed by atoms with Crippen LogP contribution in [-0.2, 0) is 0 Å². The molecule has 0 saturated heterocycles. The Bertz CT molecular complexity index is 1110. The van der Waals surface area contributed by atoms with E-state index in [4.69, 9.17) is 34.8 Å². The number of nitrogens with zero attached hydrogens (tertiary/aromatic N) is 1. The molecule has 0 radical (unpaired) electrons. The first kappa shape index (κ1) is 22.2. The molecule has 1 aliphatic carbocycles. The highest BCUT2D eigenvalue weighted by molar-refractivity contribution is 6.35. The molecule has 2 aromatic carbocycles. The Morgan fingerprint density at radius 1 is 1.00 bits per heavy atom. The summed E-state index contributed by atoms with van der Waals surface area (Å²) in [4.78, 5) is 13.2. The number of carbonyl (C=O) groups is 1. The number of hydrogen-bond acceptors (Lipinski definition) is 2. The summed E-state index contributed by atoms with van der Waals surface area (Å²) in [6, 6.07) is 14.3. The second kappa shape index (κ2) is 9.25. The summed E-state index contributed by atoms with van der Waals surface area (Å²) in [5, 5.41) is 15.0. The second-order valence-electron chi connectivity index (χ2n) is 7.90. The Morgan fingerprint density at radius 3 is 2.35 bits per heavy atom. The monoisotopic (exact) mass is 476 g/mol. The third-order valence-corrected chi connectivity index (χ3v) is 6.62. The van der Waals surface area contributed by atoms with Crippen LogP contribution >= 0.6 is 34.8 Å². The number of aliphatic hydroxyl groups excluding tert-OH is 1. The molecule has 2 atom stereocenters. The first-order valence-electron chi connectivity index (χ1n) is 10.3. The van der Waals surface area contributed by atoms with Crippen molar-refractivity contribution in [3.8, 4) is 16.9 Å². The van der Waals surface area contributed by atoms with Crippen molar-refractivity contribution in [1.29, 1.82) is 0 Å². The van der Waals surface area contributed by atoms with E-state index < -0.39 is 6.10 Å². The van der Waals surface area contributed by atoms with Crippen LogP contribution in [0.15, 0.2) is 48.5 Å². The van der Waals surface area contributed by atoms with E-state index >= 15 is 0 Å². The van der Waals surface area contributed by atoms with Crippen LogP contribution in [0.5, 0.6) is 0 Å². The number of halogens is 3. The van der Waals surface area contributed by atoms with Crippen LogP contribution in [-0.4, -0.2) is 27.7 Å². The summed E-state index contributed by atoms with van der Waals surface area (Å²) in [6.07, 6.45) is 2.96. The van der Waals surface area contributed by atoms with Crippen LogP contribution in [0.25, 0.3) is 16.9 Å². The maximum atomic E-state index is 13.2. The number of nitrogens with one attached hydrogen (secondary N) is 1. The van der Waals surface area contributed by atoms with Crippen molar-refractivity contribution < 1.29 is 9.90 Å². The van der Waals surface area contributed by atoms with E-state index in [9.17, 15) is 9.90 Å². The lowest BCUT2D eigenvalue weighted by Crippen LogP contribution is -2.45. The summed E-state index contributed by atoms with van der Waals surface area (Å²) in [5.41, 5.74) is 3.72. The van der Waals surface area contributed by atoms with Crippen LogP contribution in [0.3, 0.4) is 0 Å². The van der Waals surface area contributed by atoms with Gasteiger partial charge < -0.3 is 15.0 Å². The van der Waals surface area contributed by atoms with Gasteiger partial charge in [-0.05, 0) is 61.7 Å². The van der Waals surface area contributed by atoms with E-state index in [1.54, 1.807) is 12.1 Å². The lowest BCUT2D eigenvalue weighted by Gasteiger charge is -2.28. The Labute approximate surface area is 196 Å². The van der Waals surface area contributed by atoms with Crippen molar-refractivity contribution in [2.24, 2.45) is 0 Å². The molecule has 0 unspecified atom stereocenters. The van der Waals surface area contributed by atoms with Gasteiger partial charge in [-0.1, -0.05) is 59.8 Å². The summed E-state index contributed by atoms with van der Waals surface area (Å²) in [7, 11) is 0. The van der Waals surface area contributed by atoms with Crippen LogP contribution in [0, 0.1) is 6.92 Å². The molecule has 7 heteroatoms. The maximum absolute atomic E-state index is 13.2. The summed E-state index contributed by atoms with van der Waals surface area (Å²) < 4.78 is 1.95. The topological polar surface area (TPSA) is 54.3 Å². The van der Waals surface area contributed by atoms with E-state index in [0.717, 1.165) is 41.9 Å². The molecule has 4 rings (SSSR count). The van der Waals surface area contributed by atoms with Gasteiger partial charge in [0, 0.05) is 15.7 Å². The van der Waals surface area contributed by atoms with Gasteiger partial charge in [-0.15, -0.1) is 0 Å². The van der Waals surface area contributed by atoms with Crippen molar-refractivity contribution in [1.82, 2.24) is 9.88 Å². The number of hydrogen-bond donors (Lipinski definition) is 2. The van der Waals surface area contributed by atoms with Gasteiger partial charge in [0.15, 0.2) is 0 Å². The molecule has 31 heavy (non-hydrogen) atoms. The fourth-order valence-electron chi connectivity index (χ4n) is 4.17. The third-order valence-electron chi connectivity index (χ3n) is 5.83. The van der Waals surface area contributed by atoms with Gasteiger partial charge in [0.2, 0.25) is 0 Å². The molecule has 2 N–H and O–H groups in total. The predicted molar refractivity (Wildman–Crippen MR) is 127 cm³/mol. The van der Waals surface area contributed by atoms with E-state index in [2.05, 4.69) is 5.32 Å². The highest BCUT2D eigenvalue weighted by Gasteiger charge is 2.27. The van der Waals surface area contributed by atoms with E-state index in [1.165, 1.54) is 0 Å². The molecule has 0 aliphatic heterocycles. The van der Waals surface area contributed by atoms with Gasteiger partial charge in [-0.3, -0.25) is 4.79 Å². The molecular weight excluding hydrogens is 455 g/mol. The Kier molecular flexibility index (Phi) is 6.63. The zero-order valence-corrected chi connectivity index (χ0v) is 19.3. The minimum absolute atomic E-state index is 0.206. The smallest absolute Gasteiger partial charge is 0.253 e.